The summed E-state index contributed by atoms with van der Waals surface area (Å²) in [5.74, 6) is 0.702. The van der Waals surface area contributed by atoms with Gasteiger partial charge in [0.15, 0.2) is 0 Å². The Kier molecular flexibility index (Phi) is 6.85. The maximum atomic E-state index is 12.6. The van der Waals surface area contributed by atoms with Crippen molar-refractivity contribution in [3.63, 3.8) is 0 Å². The number of benzene rings is 2. The number of likely N-dealkylation sites (tertiary alicyclic amines) is 1. The Hall–Kier alpha value is -2.37. The molecule has 5 nitrogen and oxygen atoms in total. The van der Waals surface area contributed by atoms with Crippen LogP contribution in [0.5, 0.6) is 5.75 Å². The minimum absolute atomic E-state index is 0.0772. The summed E-state index contributed by atoms with van der Waals surface area (Å²) in [7, 11) is 1.69. The molecule has 3 N–H and O–H groups in total. The molecule has 27 heavy (non-hydrogen) atoms. The van der Waals surface area contributed by atoms with E-state index in [0.29, 0.717) is 6.54 Å². The highest BCUT2D eigenvalue weighted by Crippen LogP contribution is 2.31. The Morgan fingerprint density at radius 3 is 2.44 bits per heavy atom. The van der Waals surface area contributed by atoms with Crippen molar-refractivity contribution in [3.8, 4) is 5.75 Å². The first-order valence-electron chi connectivity index (χ1n) is 9.66. The molecule has 0 aromatic heterocycles. The van der Waals surface area contributed by atoms with Gasteiger partial charge in [0.25, 0.3) is 0 Å². The van der Waals surface area contributed by atoms with Crippen molar-refractivity contribution in [1.29, 1.82) is 0 Å². The van der Waals surface area contributed by atoms with Crippen molar-refractivity contribution in [1.82, 2.24) is 10.2 Å². The van der Waals surface area contributed by atoms with Gasteiger partial charge in [-0.05, 0) is 37.6 Å². The molecule has 1 fully saturated rings. The average Bonchev–Trinajstić information content (AvgIpc) is 2.75. The molecule has 0 aliphatic carbocycles. The summed E-state index contributed by atoms with van der Waals surface area (Å²) in [6, 6.07) is 16.9. The van der Waals surface area contributed by atoms with Crippen molar-refractivity contribution in [2.75, 3.05) is 26.7 Å². The number of ether oxygens (including phenoxy) is 1. The van der Waals surface area contributed by atoms with Crippen molar-refractivity contribution in [2.24, 2.45) is 5.73 Å². The van der Waals surface area contributed by atoms with Gasteiger partial charge in [0.2, 0.25) is 5.91 Å². The van der Waals surface area contributed by atoms with E-state index < -0.39 is 6.04 Å². The fraction of sp³-hybridized carbons (Fsp3) is 0.409. The summed E-state index contributed by atoms with van der Waals surface area (Å²) >= 11 is 0. The van der Waals surface area contributed by atoms with Crippen LogP contribution in [0, 0.1) is 0 Å². The molecule has 144 valence electrons. The number of carbonyl (C=O) groups excluding carboxylic acids is 1. The number of rotatable bonds is 7. The molecule has 5 heteroatoms. The maximum Gasteiger partial charge on any atom is 0.241 e. The predicted octanol–water partition coefficient (Wildman–Crippen LogP) is 3.04. The molecule has 3 rings (SSSR count). The number of hydrogen-bond acceptors (Lipinski definition) is 4. The van der Waals surface area contributed by atoms with Crippen LogP contribution < -0.4 is 15.8 Å². The highest BCUT2D eigenvalue weighted by molar-refractivity contribution is 5.82. The van der Waals surface area contributed by atoms with Gasteiger partial charge in [0.1, 0.15) is 11.8 Å². The molecule has 0 radical (unpaired) electrons. The Morgan fingerprint density at radius 2 is 1.74 bits per heavy atom. The van der Waals surface area contributed by atoms with E-state index >= 15 is 0 Å². The second-order valence-electron chi connectivity index (χ2n) is 6.99. The third-order valence-electron chi connectivity index (χ3n) is 5.24. The summed E-state index contributed by atoms with van der Waals surface area (Å²) in [4.78, 5) is 15.1. The van der Waals surface area contributed by atoms with E-state index in [1.54, 1.807) is 7.11 Å². The number of carbonyl (C=O) groups is 1. The molecule has 0 spiro atoms. The van der Waals surface area contributed by atoms with E-state index in [9.17, 15) is 4.79 Å². The highest BCUT2D eigenvalue weighted by atomic mass is 16.5. The number of piperidine rings is 1. The minimum atomic E-state index is -0.661. The Bertz CT molecular complexity index is 729. The van der Waals surface area contributed by atoms with Gasteiger partial charge >= 0.3 is 0 Å². The van der Waals surface area contributed by atoms with Crippen molar-refractivity contribution < 1.29 is 9.53 Å². The smallest absolute Gasteiger partial charge is 0.241 e. The average molecular weight is 367 g/mol. The van der Waals surface area contributed by atoms with Gasteiger partial charge in [-0.2, -0.15) is 0 Å². The number of nitrogens with one attached hydrogen (secondary N) is 1. The molecule has 1 amide bonds. The van der Waals surface area contributed by atoms with E-state index in [4.69, 9.17) is 10.5 Å². The molecule has 1 aliphatic rings. The van der Waals surface area contributed by atoms with E-state index in [0.717, 1.165) is 30.0 Å². The topological polar surface area (TPSA) is 67.6 Å². The molecule has 2 atom stereocenters. The van der Waals surface area contributed by atoms with Crippen LogP contribution in [0.1, 0.15) is 42.5 Å². The molecular weight excluding hydrogens is 338 g/mol. The minimum Gasteiger partial charge on any atom is -0.496 e. The molecule has 2 unspecified atom stereocenters. The normalized spacial score (nSPS) is 17.1. The van der Waals surface area contributed by atoms with E-state index in [2.05, 4.69) is 16.3 Å². The first kappa shape index (κ1) is 19.4. The van der Waals surface area contributed by atoms with Crippen LogP contribution in [0.2, 0.25) is 0 Å². The van der Waals surface area contributed by atoms with Gasteiger partial charge in [0, 0.05) is 12.1 Å². The number of nitrogens with zero attached hydrogens (tertiary/aromatic N) is 1. The van der Waals surface area contributed by atoms with E-state index in [-0.39, 0.29) is 11.9 Å². The van der Waals surface area contributed by atoms with Gasteiger partial charge in [-0.3, -0.25) is 9.69 Å². The molecule has 1 heterocycles. The quantitative estimate of drug-likeness (QED) is 0.789. The number of methoxy groups -OCH3 is 1. The zero-order valence-corrected chi connectivity index (χ0v) is 15.9. The fourth-order valence-electron chi connectivity index (χ4n) is 3.73. The lowest BCUT2D eigenvalue weighted by Crippen LogP contribution is -2.43. The molecule has 1 saturated heterocycles. The van der Waals surface area contributed by atoms with Crippen LogP contribution >= 0.6 is 0 Å². The second kappa shape index (κ2) is 9.53. The highest BCUT2D eigenvalue weighted by Gasteiger charge is 2.26. The fourth-order valence-corrected chi connectivity index (χ4v) is 3.73. The monoisotopic (exact) mass is 367 g/mol. The first-order chi connectivity index (χ1) is 13.2. The largest absolute Gasteiger partial charge is 0.496 e. The number of nitrogens with two attached hydrogens (primary N) is 1. The van der Waals surface area contributed by atoms with E-state index in [1.807, 2.05) is 48.5 Å². The second-order valence-corrected chi connectivity index (χ2v) is 6.99. The molecule has 1 aliphatic heterocycles. The van der Waals surface area contributed by atoms with Crippen molar-refractivity contribution in [3.05, 3.63) is 65.7 Å². The summed E-state index contributed by atoms with van der Waals surface area (Å²) in [6.45, 7) is 2.58. The Labute approximate surface area is 161 Å². The standard InChI is InChI=1S/C22H29N3O2/c1-27-20-13-7-6-12-18(20)19(25-14-8-3-9-15-25)16-24-22(26)21(23)17-10-4-2-5-11-17/h2,4-7,10-13,19,21H,3,8-9,14-16,23H2,1H3,(H,24,26). The van der Waals surface area contributed by atoms with Gasteiger partial charge in [0.05, 0.1) is 13.2 Å². The van der Waals surface area contributed by atoms with Crippen LogP contribution in [0.25, 0.3) is 0 Å². The number of para-hydroxylation sites is 1. The van der Waals surface area contributed by atoms with Crippen LogP contribution in [0.3, 0.4) is 0 Å². The zero-order chi connectivity index (χ0) is 19.1. The lowest BCUT2D eigenvalue weighted by Gasteiger charge is -2.35. The van der Waals surface area contributed by atoms with Gasteiger partial charge in [-0.1, -0.05) is 55.0 Å². The summed E-state index contributed by atoms with van der Waals surface area (Å²) in [5.41, 5.74) is 8.08. The van der Waals surface area contributed by atoms with Crippen molar-refractivity contribution >= 4 is 5.91 Å². The third kappa shape index (κ3) is 4.87. The summed E-state index contributed by atoms with van der Waals surface area (Å²) in [6.07, 6.45) is 3.63. The zero-order valence-electron chi connectivity index (χ0n) is 15.9. The number of hydrogen-bond donors (Lipinski definition) is 2. The van der Waals surface area contributed by atoms with Crippen molar-refractivity contribution in [2.45, 2.75) is 31.3 Å². The Balaban J connectivity index is 1.74. The van der Waals surface area contributed by atoms with E-state index in [1.165, 1.54) is 19.3 Å². The molecule has 2 aromatic carbocycles. The molecule has 0 saturated carbocycles. The van der Waals surface area contributed by atoms with Gasteiger partial charge < -0.3 is 15.8 Å². The lowest BCUT2D eigenvalue weighted by molar-refractivity contribution is -0.122. The van der Waals surface area contributed by atoms with Gasteiger partial charge in [-0.25, -0.2) is 0 Å². The van der Waals surface area contributed by atoms with Crippen LogP contribution in [-0.4, -0.2) is 37.6 Å². The van der Waals surface area contributed by atoms with Crippen LogP contribution in [-0.2, 0) is 4.79 Å². The predicted molar refractivity (Wildman–Crippen MR) is 108 cm³/mol. The number of amides is 1. The molecular formula is C22H29N3O2. The lowest BCUT2D eigenvalue weighted by atomic mass is 10.00. The van der Waals surface area contributed by atoms with Crippen LogP contribution in [0.4, 0.5) is 0 Å². The summed E-state index contributed by atoms with van der Waals surface area (Å²) in [5, 5.41) is 3.07. The third-order valence-corrected chi connectivity index (χ3v) is 5.24. The van der Waals surface area contributed by atoms with Gasteiger partial charge in [-0.15, -0.1) is 0 Å². The molecule has 0 bridgehead atoms. The Morgan fingerprint density at radius 1 is 1.07 bits per heavy atom. The maximum absolute atomic E-state index is 12.6. The summed E-state index contributed by atoms with van der Waals surface area (Å²) < 4.78 is 5.58. The van der Waals surface area contributed by atoms with Crippen LogP contribution in [0.15, 0.2) is 54.6 Å². The SMILES string of the molecule is COc1ccccc1C(CNC(=O)C(N)c1ccccc1)N1CCCCC1. The first-order valence-corrected chi connectivity index (χ1v) is 9.66. The molecule has 2 aromatic rings.